The van der Waals surface area contributed by atoms with Crippen LogP contribution >= 0.6 is 12.4 Å². The molecule has 1 atom stereocenters. The molecular formula is C22H32ClNO2. The summed E-state index contributed by atoms with van der Waals surface area (Å²) < 4.78 is 6.08. The maximum Gasteiger partial charge on any atom is 0.0897 e. The molecule has 1 unspecified atom stereocenters. The third-order valence-corrected chi connectivity index (χ3v) is 4.07. The minimum atomic E-state index is -0.479. The van der Waals surface area contributed by atoms with E-state index >= 15 is 0 Å². The third-order valence-electron chi connectivity index (χ3n) is 4.07. The molecule has 26 heavy (non-hydrogen) atoms. The number of ether oxygens (including phenoxy) is 1. The van der Waals surface area contributed by atoms with Gasteiger partial charge in [0.25, 0.3) is 0 Å². The molecule has 0 aliphatic carbocycles. The van der Waals surface area contributed by atoms with E-state index in [1.165, 1.54) is 11.1 Å². The fourth-order valence-electron chi connectivity index (χ4n) is 2.79. The average Bonchev–Trinajstić information content (AvgIpc) is 2.61. The molecule has 0 amide bonds. The Kier molecular flexibility index (Phi) is 11.2. The SMILES string of the molecule is CC(C)CNCC(O)COC(Cc1ccccc1)Cc1ccccc1.Cl. The van der Waals surface area contributed by atoms with Gasteiger partial charge in [0.2, 0.25) is 0 Å². The summed E-state index contributed by atoms with van der Waals surface area (Å²) in [6, 6.07) is 20.8. The lowest BCUT2D eigenvalue weighted by molar-refractivity contribution is -0.00823. The van der Waals surface area contributed by atoms with Crippen LogP contribution in [0.25, 0.3) is 0 Å². The number of rotatable bonds is 11. The molecule has 2 N–H and O–H groups in total. The Morgan fingerprint density at radius 2 is 1.35 bits per heavy atom. The molecule has 0 aliphatic rings. The van der Waals surface area contributed by atoms with E-state index in [1.54, 1.807) is 0 Å². The van der Waals surface area contributed by atoms with Crippen LogP contribution in [0.2, 0.25) is 0 Å². The number of hydrogen-bond acceptors (Lipinski definition) is 3. The van der Waals surface area contributed by atoms with Crippen LogP contribution in [0.1, 0.15) is 25.0 Å². The Hall–Kier alpha value is -1.39. The summed E-state index contributed by atoms with van der Waals surface area (Å²) in [7, 11) is 0. The van der Waals surface area contributed by atoms with Gasteiger partial charge in [-0.15, -0.1) is 12.4 Å². The summed E-state index contributed by atoms with van der Waals surface area (Å²) in [5.41, 5.74) is 2.52. The average molecular weight is 378 g/mol. The van der Waals surface area contributed by atoms with E-state index in [4.69, 9.17) is 4.74 Å². The zero-order valence-corrected chi connectivity index (χ0v) is 16.6. The van der Waals surface area contributed by atoms with E-state index in [0.717, 1.165) is 19.4 Å². The first-order chi connectivity index (χ1) is 12.1. The molecule has 144 valence electrons. The molecule has 2 aromatic rings. The molecule has 2 rings (SSSR count). The van der Waals surface area contributed by atoms with Gasteiger partial charge in [-0.05, 0) is 36.4 Å². The van der Waals surface area contributed by atoms with Crippen molar-refractivity contribution in [2.75, 3.05) is 19.7 Å². The van der Waals surface area contributed by atoms with Crippen LogP contribution in [0.15, 0.2) is 60.7 Å². The standard InChI is InChI=1S/C22H31NO2.ClH/c1-18(2)15-23-16-21(24)17-25-22(13-19-9-5-3-6-10-19)14-20-11-7-4-8-12-20;/h3-12,18,21-24H,13-17H2,1-2H3;1H. The lowest BCUT2D eigenvalue weighted by Gasteiger charge is -2.21. The van der Waals surface area contributed by atoms with Crippen LogP contribution in [-0.2, 0) is 17.6 Å². The predicted molar refractivity (Wildman–Crippen MR) is 111 cm³/mol. The normalized spacial score (nSPS) is 12.2. The van der Waals surface area contributed by atoms with Crippen molar-refractivity contribution in [2.45, 2.75) is 38.9 Å². The maximum absolute atomic E-state index is 10.2. The Morgan fingerprint density at radius 1 is 0.846 bits per heavy atom. The van der Waals surface area contributed by atoms with Crippen LogP contribution in [-0.4, -0.2) is 37.0 Å². The van der Waals surface area contributed by atoms with Crippen molar-refractivity contribution in [3.8, 4) is 0 Å². The monoisotopic (exact) mass is 377 g/mol. The smallest absolute Gasteiger partial charge is 0.0897 e. The van der Waals surface area contributed by atoms with Gasteiger partial charge in [0.1, 0.15) is 0 Å². The lowest BCUT2D eigenvalue weighted by Crippen LogP contribution is -2.34. The molecule has 0 saturated carbocycles. The first-order valence-corrected chi connectivity index (χ1v) is 9.21. The van der Waals surface area contributed by atoms with Crippen molar-refractivity contribution >= 4 is 12.4 Å². The molecule has 3 nitrogen and oxygen atoms in total. The van der Waals surface area contributed by atoms with Crippen molar-refractivity contribution in [1.82, 2.24) is 5.32 Å². The molecule has 0 bridgehead atoms. The van der Waals surface area contributed by atoms with E-state index in [9.17, 15) is 5.11 Å². The number of hydrogen-bond donors (Lipinski definition) is 2. The van der Waals surface area contributed by atoms with Gasteiger partial charge in [-0.2, -0.15) is 0 Å². The van der Waals surface area contributed by atoms with Crippen molar-refractivity contribution < 1.29 is 9.84 Å². The molecule has 2 aromatic carbocycles. The molecule has 0 spiro atoms. The largest absolute Gasteiger partial charge is 0.389 e. The third kappa shape index (κ3) is 9.35. The van der Waals surface area contributed by atoms with Crippen molar-refractivity contribution in [1.29, 1.82) is 0 Å². The summed E-state index contributed by atoms with van der Waals surface area (Å²) in [5, 5.41) is 13.4. The van der Waals surface area contributed by atoms with E-state index in [0.29, 0.717) is 19.1 Å². The highest BCUT2D eigenvalue weighted by atomic mass is 35.5. The van der Waals surface area contributed by atoms with Gasteiger partial charge in [-0.3, -0.25) is 0 Å². The molecule has 0 heterocycles. The summed E-state index contributed by atoms with van der Waals surface area (Å²) >= 11 is 0. The summed E-state index contributed by atoms with van der Waals surface area (Å²) in [5.74, 6) is 0.581. The minimum Gasteiger partial charge on any atom is -0.389 e. The van der Waals surface area contributed by atoms with Gasteiger partial charge in [-0.25, -0.2) is 0 Å². The Morgan fingerprint density at radius 3 is 1.81 bits per heavy atom. The summed E-state index contributed by atoms with van der Waals surface area (Å²) in [6.45, 7) is 6.16. The quantitative estimate of drug-likeness (QED) is 0.624. The molecule has 0 aliphatic heterocycles. The predicted octanol–water partition coefficient (Wildman–Crippen LogP) is 3.89. The summed E-state index contributed by atoms with van der Waals surface area (Å²) in [6.07, 6.45) is 1.28. The first kappa shape index (κ1) is 22.7. The van der Waals surface area contributed by atoms with Crippen molar-refractivity contribution in [3.63, 3.8) is 0 Å². The lowest BCUT2D eigenvalue weighted by atomic mass is 10.0. The van der Waals surface area contributed by atoms with E-state index in [1.807, 2.05) is 12.1 Å². The highest BCUT2D eigenvalue weighted by Crippen LogP contribution is 2.12. The minimum absolute atomic E-state index is 0. The molecule has 0 aromatic heterocycles. The molecule has 0 fully saturated rings. The van der Waals surface area contributed by atoms with Gasteiger partial charge in [-0.1, -0.05) is 74.5 Å². The van der Waals surface area contributed by atoms with Crippen LogP contribution < -0.4 is 5.32 Å². The van der Waals surface area contributed by atoms with Gasteiger partial charge in [0.05, 0.1) is 18.8 Å². The Labute approximate surface area is 164 Å². The van der Waals surface area contributed by atoms with Gasteiger partial charge in [0.15, 0.2) is 0 Å². The number of aliphatic hydroxyl groups is 1. The maximum atomic E-state index is 10.2. The highest BCUT2D eigenvalue weighted by Gasteiger charge is 2.14. The van der Waals surface area contributed by atoms with Crippen molar-refractivity contribution in [3.05, 3.63) is 71.8 Å². The zero-order valence-electron chi connectivity index (χ0n) is 15.8. The molecule has 4 heteroatoms. The molecule has 0 radical (unpaired) electrons. The fraction of sp³-hybridized carbons (Fsp3) is 0.455. The molecule has 0 saturated heterocycles. The van der Waals surface area contributed by atoms with Crippen molar-refractivity contribution in [2.24, 2.45) is 5.92 Å². The number of nitrogens with one attached hydrogen (secondary N) is 1. The Balaban J connectivity index is 0.00000338. The fourth-order valence-corrected chi connectivity index (χ4v) is 2.79. The van der Waals surface area contributed by atoms with Crippen LogP contribution in [0.5, 0.6) is 0 Å². The highest BCUT2D eigenvalue weighted by molar-refractivity contribution is 5.85. The van der Waals surface area contributed by atoms with Gasteiger partial charge < -0.3 is 15.2 Å². The molecular weight excluding hydrogens is 346 g/mol. The van der Waals surface area contributed by atoms with E-state index < -0.39 is 6.10 Å². The van der Waals surface area contributed by atoms with Crippen LogP contribution in [0, 0.1) is 5.92 Å². The first-order valence-electron chi connectivity index (χ1n) is 9.21. The van der Waals surface area contributed by atoms with E-state index in [2.05, 4.69) is 67.7 Å². The van der Waals surface area contributed by atoms with Gasteiger partial charge >= 0.3 is 0 Å². The second kappa shape index (κ2) is 12.9. The van der Waals surface area contributed by atoms with Crippen LogP contribution in [0.4, 0.5) is 0 Å². The Bertz CT molecular complexity index is 536. The second-order valence-corrected chi connectivity index (χ2v) is 7.04. The number of benzene rings is 2. The van der Waals surface area contributed by atoms with E-state index in [-0.39, 0.29) is 18.5 Å². The van der Waals surface area contributed by atoms with Crippen LogP contribution in [0.3, 0.4) is 0 Å². The second-order valence-electron chi connectivity index (χ2n) is 7.04. The zero-order chi connectivity index (χ0) is 17.9. The summed E-state index contributed by atoms with van der Waals surface area (Å²) in [4.78, 5) is 0. The number of aliphatic hydroxyl groups excluding tert-OH is 1. The number of halogens is 1. The topological polar surface area (TPSA) is 41.5 Å². The van der Waals surface area contributed by atoms with Gasteiger partial charge in [0, 0.05) is 6.54 Å².